The van der Waals surface area contributed by atoms with Crippen LogP contribution in [-0.2, 0) is 0 Å². The average molecular weight is 164 g/mol. The van der Waals surface area contributed by atoms with E-state index in [4.69, 9.17) is 0 Å². The van der Waals surface area contributed by atoms with Crippen LogP contribution in [0.4, 0.5) is 0 Å². The highest BCUT2D eigenvalue weighted by molar-refractivity contribution is 5.34. The Morgan fingerprint density at radius 1 is 1.50 bits per heavy atom. The first kappa shape index (κ1) is 7.14. The maximum absolute atomic E-state index is 9.86. The Balaban J connectivity index is 1.95. The molecule has 0 bridgehead atoms. The Labute approximate surface area is 73.5 Å². The Bertz CT molecular complexity index is 245. The molecule has 0 aromatic heterocycles. The summed E-state index contributed by atoms with van der Waals surface area (Å²) in [5.74, 6) is 2.46. The van der Waals surface area contributed by atoms with Gasteiger partial charge in [0.05, 0.1) is 6.10 Å². The van der Waals surface area contributed by atoms with E-state index in [0.717, 1.165) is 24.2 Å². The largest absolute Gasteiger partial charge is 0.392 e. The molecule has 66 valence electrons. The molecule has 3 aliphatic carbocycles. The number of hydrogen-bond donors (Lipinski definition) is 1. The minimum absolute atomic E-state index is 0.0136. The molecule has 0 radical (unpaired) electrons. The minimum Gasteiger partial charge on any atom is -0.392 e. The van der Waals surface area contributed by atoms with Gasteiger partial charge in [-0.25, -0.2) is 0 Å². The summed E-state index contributed by atoms with van der Waals surface area (Å²) in [6.45, 7) is 2.28. The van der Waals surface area contributed by atoms with E-state index in [0.29, 0.717) is 0 Å². The van der Waals surface area contributed by atoms with Gasteiger partial charge in [-0.05, 0) is 30.6 Å². The highest BCUT2D eigenvalue weighted by Crippen LogP contribution is 2.70. The van der Waals surface area contributed by atoms with E-state index in [1.54, 1.807) is 0 Å². The van der Waals surface area contributed by atoms with Crippen molar-refractivity contribution in [3.8, 4) is 0 Å². The fraction of sp³-hybridized carbons (Fsp3) is 0.818. The molecule has 5 atom stereocenters. The fourth-order valence-corrected chi connectivity index (χ4v) is 3.99. The monoisotopic (exact) mass is 164 g/mol. The van der Waals surface area contributed by atoms with Gasteiger partial charge in [-0.2, -0.15) is 0 Å². The van der Waals surface area contributed by atoms with Crippen LogP contribution in [0, 0.1) is 23.2 Å². The van der Waals surface area contributed by atoms with Crippen molar-refractivity contribution in [1.82, 2.24) is 0 Å². The zero-order chi connectivity index (χ0) is 8.34. The topological polar surface area (TPSA) is 20.2 Å². The maximum Gasteiger partial charge on any atom is 0.0639 e. The van der Waals surface area contributed by atoms with Crippen LogP contribution in [0.1, 0.15) is 26.2 Å². The molecule has 1 spiro atoms. The molecule has 0 aromatic rings. The van der Waals surface area contributed by atoms with Gasteiger partial charge >= 0.3 is 0 Å². The van der Waals surface area contributed by atoms with Crippen molar-refractivity contribution in [2.45, 2.75) is 32.3 Å². The van der Waals surface area contributed by atoms with Gasteiger partial charge in [-0.1, -0.05) is 25.5 Å². The van der Waals surface area contributed by atoms with E-state index in [2.05, 4.69) is 19.1 Å². The third-order valence-electron chi connectivity index (χ3n) is 4.59. The summed E-state index contributed by atoms with van der Waals surface area (Å²) in [5, 5.41) is 9.86. The Morgan fingerprint density at radius 3 is 2.92 bits per heavy atom. The van der Waals surface area contributed by atoms with Gasteiger partial charge in [0.2, 0.25) is 0 Å². The van der Waals surface area contributed by atoms with Crippen molar-refractivity contribution in [1.29, 1.82) is 0 Å². The number of rotatable bonds is 1. The molecule has 12 heavy (non-hydrogen) atoms. The first-order valence-corrected chi connectivity index (χ1v) is 5.18. The second kappa shape index (κ2) is 1.95. The van der Waals surface area contributed by atoms with Gasteiger partial charge in [0.25, 0.3) is 0 Å². The van der Waals surface area contributed by atoms with Gasteiger partial charge in [0.1, 0.15) is 0 Å². The quantitative estimate of drug-likeness (QED) is 0.587. The standard InChI is InChI=1S/C11H16O/c1-2-7-8-3-4-10(12)11(8)6-5-9(7)11/h5-10,12H,2-4H2,1H3/t7-,8-,9-,10+,11?/m0/s1. The smallest absolute Gasteiger partial charge is 0.0639 e. The summed E-state index contributed by atoms with van der Waals surface area (Å²) in [4.78, 5) is 0. The normalized spacial score (nSPS) is 60.2. The Hall–Kier alpha value is -0.300. The number of allylic oxidation sites excluding steroid dienone is 1. The van der Waals surface area contributed by atoms with Crippen molar-refractivity contribution in [2.75, 3.05) is 0 Å². The lowest BCUT2D eigenvalue weighted by molar-refractivity contribution is -0.117. The van der Waals surface area contributed by atoms with Gasteiger partial charge < -0.3 is 5.11 Å². The van der Waals surface area contributed by atoms with Crippen molar-refractivity contribution in [2.24, 2.45) is 23.2 Å². The molecular weight excluding hydrogens is 148 g/mol. The Morgan fingerprint density at radius 2 is 2.33 bits per heavy atom. The van der Waals surface area contributed by atoms with Gasteiger partial charge in [0.15, 0.2) is 0 Å². The highest BCUT2D eigenvalue weighted by atomic mass is 16.3. The molecule has 2 saturated carbocycles. The molecule has 3 aliphatic rings. The molecule has 1 heteroatoms. The summed E-state index contributed by atoms with van der Waals surface area (Å²) < 4.78 is 0. The molecule has 3 rings (SSSR count). The van der Waals surface area contributed by atoms with Crippen LogP contribution in [0.3, 0.4) is 0 Å². The molecule has 0 aliphatic heterocycles. The van der Waals surface area contributed by atoms with Crippen molar-refractivity contribution >= 4 is 0 Å². The van der Waals surface area contributed by atoms with E-state index in [9.17, 15) is 5.11 Å². The van der Waals surface area contributed by atoms with Crippen LogP contribution >= 0.6 is 0 Å². The Kier molecular flexibility index (Phi) is 1.16. The maximum atomic E-state index is 9.86. The minimum atomic E-state index is -0.0136. The second-order valence-electron chi connectivity index (χ2n) is 4.66. The lowest BCUT2D eigenvalue weighted by Gasteiger charge is -2.63. The first-order valence-electron chi connectivity index (χ1n) is 5.18. The van der Waals surface area contributed by atoms with E-state index in [1.807, 2.05) is 0 Å². The molecule has 1 unspecified atom stereocenters. The lowest BCUT2D eigenvalue weighted by atomic mass is 9.41. The van der Waals surface area contributed by atoms with E-state index in [1.165, 1.54) is 12.8 Å². The van der Waals surface area contributed by atoms with Crippen molar-refractivity contribution < 1.29 is 5.11 Å². The molecule has 1 nitrogen and oxygen atoms in total. The summed E-state index contributed by atoms with van der Waals surface area (Å²) >= 11 is 0. The van der Waals surface area contributed by atoms with E-state index < -0.39 is 0 Å². The zero-order valence-electron chi connectivity index (χ0n) is 7.53. The van der Waals surface area contributed by atoms with Crippen LogP contribution in [-0.4, -0.2) is 11.2 Å². The SMILES string of the molecule is CC[C@@H]1[C@@H]2C=CC23[C@H](O)CC[C@@H]13. The molecule has 0 aromatic carbocycles. The van der Waals surface area contributed by atoms with Gasteiger partial charge in [-0.3, -0.25) is 0 Å². The predicted octanol–water partition coefficient (Wildman–Crippen LogP) is 1.97. The van der Waals surface area contributed by atoms with Crippen LogP contribution in [0.25, 0.3) is 0 Å². The van der Waals surface area contributed by atoms with Crippen LogP contribution < -0.4 is 0 Å². The molecule has 0 heterocycles. The number of hydrogen-bond acceptors (Lipinski definition) is 1. The van der Waals surface area contributed by atoms with Crippen LogP contribution in [0.15, 0.2) is 12.2 Å². The first-order chi connectivity index (χ1) is 5.80. The van der Waals surface area contributed by atoms with Crippen molar-refractivity contribution in [3.05, 3.63) is 12.2 Å². The van der Waals surface area contributed by atoms with Crippen LogP contribution in [0.2, 0.25) is 0 Å². The molecule has 2 fully saturated rings. The van der Waals surface area contributed by atoms with E-state index >= 15 is 0 Å². The third kappa shape index (κ3) is 0.490. The summed E-state index contributed by atoms with van der Waals surface area (Å²) in [7, 11) is 0. The molecule has 0 amide bonds. The predicted molar refractivity (Wildman–Crippen MR) is 47.6 cm³/mol. The van der Waals surface area contributed by atoms with Crippen molar-refractivity contribution in [3.63, 3.8) is 0 Å². The van der Waals surface area contributed by atoms with Gasteiger partial charge in [0, 0.05) is 5.41 Å². The molecule has 1 N–H and O–H groups in total. The lowest BCUT2D eigenvalue weighted by Crippen LogP contribution is -2.60. The third-order valence-corrected chi connectivity index (χ3v) is 4.59. The van der Waals surface area contributed by atoms with Crippen LogP contribution in [0.5, 0.6) is 0 Å². The second-order valence-corrected chi connectivity index (χ2v) is 4.66. The highest BCUT2D eigenvalue weighted by Gasteiger charge is 2.68. The number of aliphatic hydroxyl groups is 1. The van der Waals surface area contributed by atoms with Gasteiger partial charge in [-0.15, -0.1) is 0 Å². The number of aliphatic hydroxyl groups excluding tert-OH is 1. The molecular formula is C11H16O. The fourth-order valence-electron chi connectivity index (χ4n) is 3.99. The summed E-state index contributed by atoms with van der Waals surface area (Å²) in [6.07, 6.45) is 8.20. The summed E-state index contributed by atoms with van der Waals surface area (Å²) in [6, 6.07) is 0. The molecule has 0 saturated heterocycles. The van der Waals surface area contributed by atoms with E-state index in [-0.39, 0.29) is 11.5 Å². The summed E-state index contributed by atoms with van der Waals surface area (Å²) in [5.41, 5.74) is 0.278. The average Bonchev–Trinajstić information content (AvgIpc) is 2.36. The zero-order valence-corrected chi connectivity index (χ0v) is 7.53.